The van der Waals surface area contributed by atoms with Crippen molar-refractivity contribution < 1.29 is 4.79 Å². The number of halogens is 2. The molecule has 1 heterocycles. The molecule has 0 spiro atoms. The van der Waals surface area contributed by atoms with E-state index in [9.17, 15) is 9.59 Å². The first-order valence-electron chi connectivity index (χ1n) is 7.84. The molecule has 0 bridgehead atoms. The fourth-order valence-electron chi connectivity index (χ4n) is 2.64. The number of carbonyl (C=O) groups is 1. The van der Waals surface area contributed by atoms with Crippen LogP contribution in [-0.2, 0) is 7.05 Å². The van der Waals surface area contributed by atoms with Gasteiger partial charge in [0.15, 0.2) is 0 Å². The number of nitrogens with one attached hydrogen (secondary N) is 2. The van der Waals surface area contributed by atoms with Crippen LogP contribution in [0.3, 0.4) is 0 Å². The summed E-state index contributed by atoms with van der Waals surface area (Å²) >= 11 is 9.35. The Hall–Kier alpha value is -2.38. The lowest BCUT2D eigenvalue weighted by Crippen LogP contribution is -2.35. The Kier molecular flexibility index (Phi) is 5.29. The topological polar surface area (TPSA) is 76.0 Å². The second-order valence-electron chi connectivity index (χ2n) is 5.83. The molecule has 0 aliphatic rings. The van der Waals surface area contributed by atoms with Crippen LogP contribution in [0.1, 0.15) is 18.8 Å². The average Bonchev–Trinajstić information content (AvgIpc) is 2.57. The Bertz CT molecular complexity index is 1050. The minimum Gasteiger partial charge on any atom is -0.328 e. The molecule has 0 saturated heterocycles. The monoisotopic (exact) mass is 434 g/mol. The van der Waals surface area contributed by atoms with E-state index in [1.807, 2.05) is 12.1 Å². The third kappa shape index (κ3) is 3.89. The second-order valence-corrected chi connectivity index (χ2v) is 7.18. The zero-order valence-electron chi connectivity index (χ0n) is 14.1. The summed E-state index contributed by atoms with van der Waals surface area (Å²) in [6.07, 6.45) is 0. The van der Waals surface area contributed by atoms with Gasteiger partial charge in [0.25, 0.3) is 5.56 Å². The molecule has 3 rings (SSSR count). The minimum atomic E-state index is -0.483. The Balaban J connectivity index is 1.85. The highest BCUT2D eigenvalue weighted by Gasteiger charge is 2.17. The molecule has 0 fully saturated rings. The SMILES string of the molecule is CC(NC(=O)Nc1cccc(Br)c1)c1nc2cc(Cl)ccc2c(=O)n1C. The van der Waals surface area contributed by atoms with Crippen LogP contribution in [0.4, 0.5) is 10.5 Å². The van der Waals surface area contributed by atoms with Crippen molar-refractivity contribution in [3.63, 3.8) is 0 Å². The molecule has 2 N–H and O–H groups in total. The van der Waals surface area contributed by atoms with Gasteiger partial charge in [-0.2, -0.15) is 0 Å². The van der Waals surface area contributed by atoms with Gasteiger partial charge in [0.2, 0.25) is 0 Å². The van der Waals surface area contributed by atoms with Crippen LogP contribution < -0.4 is 16.2 Å². The number of fused-ring (bicyclic) bond motifs is 1. The molecule has 0 aliphatic heterocycles. The van der Waals surface area contributed by atoms with Crippen LogP contribution in [0, 0.1) is 0 Å². The molecule has 0 aliphatic carbocycles. The van der Waals surface area contributed by atoms with Gasteiger partial charge in [0.1, 0.15) is 5.82 Å². The maximum atomic E-state index is 12.5. The molecule has 1 atom stereocenters. The summed E-state index contributed by atoms with van der Waals surface area (Å²) in [6.45, 7) is 1.76. The fraction of sp³-hybridized carbons (Fsp3) is 0.167. The van der Waals surface area contributed by atoms with E-state index in [0.717, 1.165) is 4.47 Å². The summed E-state index contributed by atoms with van der Waals surface area (Å²) in [5, 5.41) is 6.51. The number of nitrogens with zero attached hydrogens (tertiary/aromatic N) is 2. The number of benzene rings is 2. The molecule has 8 heteroatoms. The van der Waals surface area contributed by atoms with Crippen LogP contribution in [0.25, 0.3) is 10.9 Å². The molecule has 2 aromatic carbocycles. The van der Waals surface area contributed by atoms with Crippen LogP contribution >= 0.6 is 27.5 Å². The van der Waals surface area contributed by atoms with E-state index in [0.29, 0.717) is 27.4 Å². The normalized spacial score (nSPS) is 12.0. The molecular weight excluding hydrogens is 420 g/mol. The molecular formula is C18H16BrClN4O2. The largest absolute Gasteiger partial charge is 0.328 e. The first-order valence-corrected chi connectivity index (χ1v) is 9.01. The van der Waals surface area contributed by atoms with Crippen LogP contribution in [0.5, 0.6) is 0 Å². The fourth-order valence-corrected chi connectivity index (χ4v) is 3.21. The Morgan fingerprint density at radius 2 is 2.04 bits per heavy atom. The van der Waals surface area contributed by atoms with Gasteiger partial charge in [-0.25, -0.2) is 9.78 Å². The molecule has 0 radical (unpaired) electrons. The third-order valence-electron chi connectivity index (χ3n) is 3.89. The highest BCUT2D eigenvalue weighted by atomic mass is 79.9. The Labute approximate surface area is 163 Å². The highest BCUT2D eigenvalue weighted by molar-refractivity contribution is 9.10. The number of urea groups is 1. The van der Waals surface area contributed by atoms with Gasteiger partial charge in [0.05, 0.1) is 16.9 Å². The molecule has 0 saturated carbocycles. The summed E-state index contributed by atoms with van der Waals surface area (Å²) in [5.74, 6) is 0.439. The van der Waals surface area contributed by atoms with E-state index in [1.165, 1.54) is 4.57 Å². The number of hydrogen-bond acceptors (Lipinski definition) is 3. The average molecular weight is 436 g/mol. The lowest BCUT2D eigenvalue weighted by atomic mass is 10.2. The maximum absolute atomic E-state index is 12.5. The molecule has 1 unspecified atom stereocenters. The second kappa shape index (κ2) is 7.47. The standard InChI is InChI=1S/C18H16BrClN4O2/c1-10(21-18(26)22-13-5-3-4-11(19)8-13)16-23-15-9-12(20)6-7-14(15)17(25)24(16)2/h3-10H,1-2H3,(H2,21,22,26). The Morgan fingerprint density at radius 3 is 2.77 bits per heavy atom. The van der Waals surface area contributed by atoms with Crippen molar-refractivity contribution in [1.29, 1.82) is 0 Å². The molecule has 134 valence electrons. The van der Waals surface area contributed by atoms with Gasteiger partial charge in [-0.1, -0.05) is 33.6 Å². The van der Waals surface area contributed by atoms with Crippen molar-refractivity contribution >= 4 is 50.2 Å². The summed E-state index contributed by atoms with van der Waals surface area (Å²) in [6, 6.07) is 11.3. The van der Waals surface area contributed by atoms with E-state index in [2.05, 4.69) is 31.5 Å². The quantitative estimate of drug-likeness (QED) is 0.646. The first kappa shape index (κ1) is 18.4. The van der Waals surface area contributed by atoms with Gasteiger partial charge in [-0.3, -0.25) is 9.36 Å². The molecule has 3 aromatic rings. The smallest absolute Gasteiger partial charge is 0.319 e. The number of amides is 2. The molecule has 26 heavy (non-hydrogen) atoms. The summed E-state index contributed by atoms with van der Waals surface area (Å²) in [5.41, 5.74) is 0.954. The predicted octanol–water partition coefficient (Wildman–Crippen LogP) is 4.23. The van der Waals surface area contributed by atoms with Gasteiger partial charge < -0.3 is 10.6 Å². The number of rotatable bonds is 3. The third-order valence-corrected chi connectivity index (χ3v) is 4.62. The highest BCUT2D eigenvalue weighted by Crippen LogP contribution is 2.18. The van der Waals surface area contributed by atoms with E-state index >= 15 is 0 Å². The van der Waals surface area contributed by atoms with Crippen LogP contribution in [-0.4, -0.2) is 15.6 Å². The van der Waals surface area contributed by atoms with Gasteiger partial charge in [-0.05, 0) is 43.3 Å². The van der Waals surface area contributed by atoms with Crippen molar-refractivity contribution in [1.82, 2.24) is 14.9 Å². The molecule has 6 nitrogen and oxygen atoms in total. The summed E-state index contributed by atoms with van der Waals surface area (Å²) in [4.78, 5) is 29.3. The van der Waals surface area contributed by atoms with Crippen LogP contribution in [0.2, 0.25) is 5.02 Å². The zero-order valence-corrected chi connectivity index (χ0v) is 16.4. The van der Waals surface area contributed by atoms with Crippen molar-refractivity contribution in [2.24, 2.45) is 7.05 Å². The van der Waals surface area contributed by atoms with E-state index < -0.39 is 12.1 Å². The maximum Gasteiger partial charge on any atom is 0.319 e. The van der Waals surface area contributed by atoms with Gasteiger partial charge in [-0.15, -0.1) is 0 Å². The number of hydrogen-bond donors (Lipinski definition) is 2. The first-order chi connectivity index (χ1) is 12.3. The van der Waals surface area contributed by atoms with Gasteiger partial charge >= 0.3 is 6.03 Å². The number of anilines is 1. The summed E-state index contributed by atoms with van der Waals surface area (Å²) in [7, 11) is 1.63. The zero-order chi connectivity index (χ0) is 18.8. The van der Waals surface area contributed by atoms with Crippen molar-refractivity contribution in [3.05, 3.63) is 68.1 Å². The summed E-state index contributed by atoms with van der Waals surface area (Å²) < 4.78 is 2.29. The molecule has 1 aromatic heterocycles. The van der Waals surface area contributed by atoms with Gasteiger partial charge in [0, 0.05) is 22.2 Å². The predicted molar refractivity (Wildman–Crippen MR) is 107 cm³/mol. The van der Waals surface area contributed by atoms with Crippen molar-refractivity contribution in [2.45, 2.75) is 13.0 Å². The molecule has 2 amide bonds. The number of carbonyl (C=O) groups excluding carboxylic acids is 1. The van der Waals surface area contributed by atoms with E-state index in [1.54, 1.807) is 44.3 Å². The van der Waals surface area contributed by atoms with E-state index in [-0.39, 0.29) is 5.56 Å². The lowest BCUT2D eigenvalue weighted by Gasteiger charge is -2.17. The lowest BCUT2D eigenvalue weighted by molar-refractivity contribution is 0.248. The van der Waals surface area contributed by atoms with E-state index in [4.69, 9.17) is 11.6 Å². The van der Waals surface area contributed by atoms with Crippen molar-refractivity contribution in [2.75, 3.05) is 5.32 Å². The van der Waals surface area contributed by atoms with Crippen LogP contribution in [0.15, 0.2) is 51.7 Å². The number of aromatic nitrogens is 2. The Morgan fingerprint density at radius 1 is 1.27 bits per heavy atom. The minimum absolute atomic E-state index is 0.192. The van der Waals surface area contributed by atoms with Crippen molar-refractivity contribution in [3.8, 4) is 0 Å².